The molecule has 0 fully saturated rings. The van der Waals surface area contributed by atoms with E-state index in [9.17, 15) is 4.79 Å². The lowest BCUT2D eigenvalue weighted by Crippen LogP contribution is -2.32. The van der Waals surface area contributed by atoms with E-state index >= 15 is 0 Å². The molecule has 1 aliphatic rings. The number of fused-ring (bicyclic) bond motifs is 2. The van der Waals surface area contributed by atoms with Crippen molar-refractivity contribution in [1.82, 2.24) is 4.57 Å². The quantitative estimate of drug-likeness (QED) is 0.704. The smallest absolute Gasteiger partial charge is 0.192 e. The summed E-state index contributed by atoms with van der Waals surface area (Å²) in [5.41, 5.74) is 3.67. The van der Waals surface area contributed by atoms with Gasteiger partial charge in [0.15, 0.2) is 5.43 Å². The number of aromatic nitrogens is 1. The minimum atomic E-state index is 0.00866. The third-order valence-electron chi connectivity index (χ3n) is 4.04. The summed E-state index contributed by atoms with van der Waals surface area (Å²) in [4.78, 5) is 12.6. The maximum absolute atomic E-state index is 12.6. The van der Waals surface area contributed by atoms with Crippen molar-refractivity contribution >= 4 is 10.9 Å². The Morgan fingerprint density at radius 3 is 2.47 bits per heavy atom. The first-order chi connectivity index (χ1) is 9.00. The van der Waals surface area contributed by atoms with E-state index in [1.54, 1.807) is 0 Å². The average molecular weight is 255 g/mol. The van der Waals surface area contributed by atoms with Gasteiger partial charge in [-0.05, 0) is 58.6 Å². The largest absolute Gasteiger partial charge is 0.339 e. The highest BCUT2D eigenvalue weighted by Crippen LogP contribution is 2.29. The van der Waals surface area contributed by atoms with Gasteiger partial charge < -0.3 is 4.57 Å². The van der Waals surface area contributed by atoms with Crippen LogP contribution in [0.3, 0.4) is 0 Å². The average Bonchev–Trinajstić information content (AvgIpc) is 2.38. The standard InChI is InChI=1S/C17H21NO/c1-17(2,3)18-14-10-6-4-8-12(14)16(19)13-9-5-7-11-15(13)18/h4,6,8,10H,5,7,9,11H2,1-3H3. The van der Waals surface area contributed by atoms with Crippen LogP contribution in [0.2, 0.25) is 0 Å². The second kappa shape index (κ2) is 4.22. The molecule has 3 rings (SSSR count). The van der Waals surface area contributed by atoms with Crippen molar-refractivity contribution in [3.63, 3.8) is 0 Å². The Bertz CT molecular complexity index is 689. The maximum Gasteiger partial charge on any atom is 0.192 e. The monoisotopic (exact) mass is 255 g/mol. The first-order valence-corrected chi connectivity index (χ1v) is 7.16. The van der Waals surface area contributed by atoms with Crippen molar-refractivity contribution in [2.45, 2.75) is 52.0 Å². The SMILES string of the molecule is CC(C)(C)n1c2c(c(=O)c3ccccc31)CCCC2. The summed E-state index contributed by atoms with van der Waals surface area (Å²) in [6.45, 7) is 6.66. The summed E-state index contributed by atoms with van der Waals surface area (Å²) in [7, 11) is 0. The lowest BCUT2D eigenvalue weighted by atomic mass is 9.91. The molecule has 19 heavy (non-hydrogen) atoms. The predicted octanol–water partition coefficient (Wildman–Crippen LogP) is 3.64. The number of para-hydroxylation sites is 1. The van der Waals surface area contributed by atoms with E-state index in [2.05, 4.69) is 31.4 Å². The highest BCUT2D eigenvalue weighted by atomic mass is 16.1. The van der Waals surface area contributed by atoms with Crippen LogP contribution < -0.4 is 5.43 Å². The van der Waals surface area contributed by atoms with E-state index in [1.807, 2.05) is 18.2 Å². The Kier molecular flexibility index (Phi) is 2.77. The van der Waals surface area contributed by atoms with E-state index in [4.69, 9.17) is 0 Å². The molecule has 0 spiro atoms. The van der Waals surface area contributed by atoms with Crippen LogP contribution in [0.1, 0.15) is 44.9 Å². The van der Waals surface area contributed by atoms with E-state index in [0.29, 0.717) is 0 Å². The fraction of sp³-hybridized carbons (Fsp3) is 0.471. The Balaban J connectivity index is 2.51. The molecule has 0 radical (unpaired) electrons. The zero-order valence-corrected chi connectivity index (χ0v) is 12.0. The first kappa shape index (κ1) is 12.5. The van der Waals surface area contributed by atoms with Crippen molar-refractivity contribution in [3.8, 4) is 0 Å². The molecule has 0 N–H and O–H groups in total. The Morgan fingerprint density at radius 1 is 1.05 bits per heavy atom. The van der Waals surface area contributed by atoms with Crippen LogP contribution >= 0.6 is 0 Å². The normalized spacial score (nSPS) is 15.5. The molecular weight excluding hydrogens is 234 g/mol. The highest BCUT2D eigenvalue weighted by molar-refractivity contribution is 5.80. The summed E-state index contributed by atoms with van der Waals surface area (Å²) in [6, 6.07) is 8.04. The molecule has 2 aromatic rings. The van der Waals surface area contributed by atoms with Crippen LogP contribution in [0.15, 0.2) is 29.1 Å². The minimum absolute atomic E-state index is 0.00866. The molecule has 2 heteroatoms. The van der Waals surface area contributed by atoms with Crippen LogP contribution in [-0.2, 0) is 18.4 Å². The van der Waals surface area contributed by atoms with Crippen molar-refractivity contribution in [1.29, 1.82) is 0 Å². The third-order valence-corrected chi connectivity index (χ3v) is 4.04. The zero-order chi connectivity index (χ0) is 13.6. The topological polar surface area (TPSA) is 22.0 Å². The van der Waals surface area contributed by atoms with Gasteiger partial charge in [-0.3, -0.25) is 4.79 Å². The number of nitrogens with zero attached hydrogens (tertiary/aromatic N) is 1. The molecule has 1 aromatic carbocycles. The van der Waals surface area contributed by atoms with Gasteiger partial charge in [0, 0.05) is 22.2 Å². The molecule has 1 aromatic heterocycles. The van der Waals surface area contributed by atoms with Gasteiger partial charge in [-0.15, -0.1) is 0 Å². The minimum Gasteiger partial charge on any atom is -0.339 e. The Hall–Kier alpha value is -1.57. The summed E-state index contributed by atoms with van der Waals surface area (Å²) in [5.74, 6) is 0. The molecule has 0 saturated heterocycles. The van der Waals surface area contributed by atoms with E-state index < -0.39 is 0 Å². The third kappa shape index (κ3) is 1.90. The number of hydrogen-bond donors (Lipinski definition) is 0. The van der Waals surface area contributed by atoms with Crippen LogP contribution in [-0.4, -0.2) is 4.57 Å². The van der Waals surface area contributed by atoms with Gasteiger partial charge in [0.05, 0.1) is 5.52 Å². The van der Waals surface area contributed by atoms with Crippen molar-refractivity contribution in [3.05, 3.63) is 45.7 Å². The lowest BCUT2D eigenvalue weighted by molar-refractivity contribution is 0.386. The van der Waals surface area contributed by atoms with E-state index in [-0.39, 0.29) is 11.0 Å². The molecule has 0 amide bonds. The number of pyridine rings is 1. The molecular formula is C17H21NO. The number of rotatable bonds is 0. The van der Waals surface area contributed by atoms with Crippen molar-refractivity contribution in [2.24, 2.45) is 0 Å². The van der Waals surface area contributed by atoms with Gasteiger partial charge >= 0.3 is 0 Å². The molecule has 2 nitrogen and oxygen atoms in total. The molecule has 1 heterocycles. The predicted molar refractivity (Wildman–Crippen MR) is 79.8 cm³/mol. The van der Waals surface area contributed by atoms with Gasteiger partial charge in [0.1, 0.15) is 0 Å². The van der Waals surface area contributed by atoms with Gasteiger partial charge in [-0.25, -0.2) is 0 Å². The van der Waals surface area contributed by atoms with Gasteiger partial charge in [0.25, 0.3) is 0 Å². The second-order valence-electron chi connectivity index (χ2n) is 6.48. The van der Waals surface area contributed by atoms with Crippen LogP contribution in [0, 0.1) is 0 Å². The molecule has 0 unspecified atom stereocenters. The first-order valence-electron chi connectivity index (χ1n) is 7.16. The molecule has 0 bridgehead atoms. The van der Waals surface area contributed by atoms with Gasteiger partial charge in [0.2, 0.25) is 0 Å². The molecule has 0 aliphatic heterocycles. The highest BCUT2D eigenvalue weighted by Gasteiger charge is 2.25. The fourth-order valence-electron chi connectivity index (χ4n) is 3.32. The summed E-state index contributed by atoms with van der Waals surface area (Å²) >= 11 is 0. The second-order valence-corrected chi connectivity index (χ2v) is 6.48. The molecule has 1 aliphatic carbocycles. The fourth-order valence-corrected chi connectivity index (χ4v) is 3.32. The summed E-state index contributed by atoms with van der Waals surface area (Å²) in [6.07, 6.45) is 4.31. The molecule has 0 atom stereocenters. The van der Waals surface area contributed by atoms with Crippen molar-refractivity contribution < 1.29 is 0 Å². The number of benzene rings is 1. The van der Waals surface area contributed by atoms with Crippen LogP contribution in [0.4, 0.5) is 0 Å². The Morgan fingerprint density at radius 2 is 1.74 bits per heavy atom. The molecule has 0 saturated carbocycles. The lowest BCUT2D eigenvalue weighted by Gasteiger charge is -2.32. The van der Waals surface area contributed by atoms with Gasteiger partial charge in [-0.1, -0.05) is 12.1 Å². The van der Waals surface area contributed by atoms with Crippen molar-refractivity contribution in [2.75, 3.05) is 0 Å². The maximum atomic E-state index is 12.6. The number of hydrogen-bond acceptors (Lipinski definition) is 1. The van der Waals surface area contributed by atoms with Crippen LogP contribution in [0.5, 0.6) is 0 Å². The molecule has 100 valence electrons. The summed E-state index contributed by atoms with van der Waals surface area (Å²) < 4.78 is 2.39. The van der Waals surface area contributed by atoms with E-state index in [1.165, 1.54) is 12.1 Å². The van der Waals surface area contributed by atoms with Crippen LogP contribution in [0.25, 0.3) is 10.9 Å². The summed E-state index contributed by atoms with van der Waals surface area (Å²) in [5, 5.41) is 0.873. The van der Waals surface area contributed by atoms with Gasteiger partial charge in [-0.2, -0.15) is 0 Å². The zero-order valence-electron chi connectivity index (χ0n) is 12.0. The Labute approximate surface area is 114 Å². The van der Waals surface area contributed by atoms with E-state index in [0.717, 1.165) is 35.7 Å².